The zero-order chi connectivity index (χ0) is 20.6. The lowest BCUT2D eigenvalue weighted by Gasteiger charge is -2.31. The first-order chi connectivity index (χ1) is 14.0. The van der Waals surface area contributed by atoms with Gasteiger partial charge in [-0.1, -0.05) is 23.8 Å². The van der Waals surface area contributed by atoms with Gasteiger partial charge in [0.25, 0.3) is 0 Å². The third kappa shape index (κ3) is 7.81. The van der Waals surface area contributed by atoms with Crippen molar-refractivity contribution in [2.75, 3.05) is 26.2 Å². The number of nitrogens with zero attached hydrogens (tertiary/aromatic N) is 3. The number of likely N-dealkylation sites (tertiary alicyclic amines) is 1. The van der Waals surface area contributed by atoms with Crippen molar-refractivity contribution in [3.05, 3.63) is 51.0 Å². The number of guanidine groups is 1. The van der Waals surface area contributed by atoms with Gasteiger partial charge in [0, 0.05) is 25.0 Å². The Morgan fingerprint density at radius 1 is 1.20 bits per heavy atom. The highest BCUT2D eigenvalue weighted by Crippen LogP contribution is 2.19. The number of aliphatic imine (C=N–C) groups is 1. The molecule has 1 saturated heterocycles. The van der Waals surface area contributed by atoms with Crippen molar-refractivity contribution in [2.24, 2.45) is 10.9 Å². The lowest BCUT2D eigenvalue weighted by molar-refractivity contribution is 0.176. The smallest absolute Gasteiger partial charge is 0.191 e. The van der Waals surface area contributed by atoms with Gasteiger partial charge in [-0.05, 0) is 70.7 Å². The third-order valence-corrected chi connectivity index (χ3v) is 6.39. The Hall–Kier alpha value is -1.19. The Morgan fingerprint density at radius 2 is 1.97 bits per heavy atom. The van der Waals surface area contributed by atoms with Gasteiger partial charge in [-0.25, -0.2) is 9.98 Å². The van der Waals surface area contributed by atoms with Gasteiger partial charge in [0.05, 0.1) is 17.2 Å². The van der Waals surface area contributed by atoms with E-state index in [4.69, 9.17) is 4.99 Å². The lowest BCUT2D eigenvalue weighted by Crippen LogP contribution is -2.42. The van der Waals surface area contributed by atoms with E-state index in [2.05, 4.69) is 71.8 Å². The molecule has 0 bridgehead atoms. The van der Waals surface area contributed by atoms with Crippen LogP contribution < -0.4 is 10.6 Å². The fourth-order valence-corrected chi connectivity index (χ4v) is 4.43. The fourth-order valence-electron chi connectivity index (χ4n) is 3.83. The van der Waals surface area contributed by atoms with Crippen molar-refractivity contribution >= 4 is 41.3 Å². The summed E-state index contributed by atoms with van der Waals surface area (Å²) in [4.78, 5) is 11.9. The molecular weight excluding hydrogens is 505 g/mol. The van der Waals surface area contributed by atoms with Crippen LogP contribution in [0.15, 0.2) is 28.6 Å². The second-order valence-electron chi connectivity index (χ2n) is 8.08. The number of hydrogen-bond donors (Lipinski definition) is 2. The van der Waals surface area contributed by atoms with Crippen LogP contribution in [-0.2, 0) is 13.1 Å². The number of hydrogen-bond acceptors (Lipinski definition) is 4. The van der Waals surface area contributed by atoms with E-state index in [0.29, 0.717) is 12.5 Å². The van der Waals surface area contributed by atoms with Crippen LogP contribution >= 0.6 is 35.3 Å². The van der Waals surface area contributed by atoms with Gasteiger partial charge in [0.15, 0.2) is 5.96 Å². The summed E-state index contributed by atoms with van der Waals surface area (Å²) < 4.78 is 0. The normalized spacial score (nSPS) is 15.7. The van der Waals surface area contributed by atoms with Gasteiger partial charge in [0.2, 0.25) is 0 Å². The van der Waals surface area contributed by atoms with Gasteiger partial charge in [-0.2, -0.15) is 0 Å². The van der Waals surface area contributed by atoms with E-state index in [-0.39, 0.29) is 24.0 Å². The third-order valence-electron chi connectivity index (χ3n) is 5.57. The molecular formula is C23H36IN5S. The van der Waals surface area contributed by atoms with E-state index in [1.165, 1.54) is 35.2 Å². The quantitative estimate of drug-likeness (QED) is 0.305. The molecule has 2 heterocycles. The standard InChI is InChI=1S/C23H35N5S.HI/c1-5-24-23(26-14-21-7-6-17(2)12-18(21)3)25-13-20-8-10-28(11-9-20)15-22-16-29-19(4)27-22;/h6-7,12,16,20H,5,8-11,13-15H2,1-4H3,(H2,24,25,26);1H. The maximum absolute atomic E-state index is 4.81. The van der Waals surface area contributed by atoms with Gasteiger partial charge < -0.3 is 10.6 Å². The van der Waals surface area contributed by atoms with E-state index in [1.807, 2.05) is 0 Å². The zero-order valence-electron chi connectivity index (χ0n) is 18.7. The molecule has 1 aromatic heterocycles. The molecule has 0 unspecified atom stereocenters. The average Bonchev–Trinajstić information content (AvgIpc) is 3.11. The van der Waals surface area contributed by atoms with Crippen LogP contribution in [0.4, 0.5) is 0 Å². The Balaban J connectivity index is 0.00000320. The molecule has 1 aromatic carbocycles. The fraction of sp³-hybridized carbons (Fsp3) is 0.565. The maximum atomic E-state index is 4.81. The molecule has 2 N–H and O–H groups in total. The first-order valence-electron chi connectivity index (χ1n) is 10.7. The maximum Gasteiger partial charge on any atom is 0.191 e. The topological polar surface area (TPSA) is 52.6 Å². The van der Waals surface area contributed by atoms with Crippen LogP contribution in [0.3, 0.4) is 0 Å². The molecule has 0 amide bonds. The molecule has 1 aliphatic rings. The lowest BCUT2D eigenvalue weighted by atomic mass is 9.97. The highest BCUT2D eigenvalue weighted by Gasteiger charge is 2.20. The summed E-state index contributed by atoms with van der Waals surface area (Å²) in [5, 5.41) is 10.3. The SMILES string of the molecule is CCNC(=NCc1ccc(C)cc1C)NCC1CCN(Cc2csc(C)n2)CC1.I. The van der Waals surface area contributed by atoms with Crippen LogP contribution in [0, 0.1) is 26.7 Å². The number of aromatic nitrogens is 1. The number of nitrogens with one attached hydrogen (secondary N) is 2. The summed E-state index contributed by atoms with van der Waals surface area (Å²) in [6, 6.07) is 6.59. The molecule has 1 aliphatic heterocycles. The van der Waals surface area contributed by atoms with Gasteiger partial charge >= 0.3 is 0 Å². The van der Waals surface area contributed by atoms with Crippen molar-refractivity contribution in [3.63, 3.8) is 0 Å². The second-order valence-corrected chi connectivity index (χ2v) is 9.15. The van der Waals surface area contributed by atoms with E-state index >= 15 is 0 Å². The molecule has 7 heteroatoms. The minimum absolute atomic E-state index is 0. The molecule has 0 atom stereocenters. The van der Waals surface area contributed by atoms with Gasteiger partial charge in [-0.15, -0.1) is 35.3 Å². The summed E-state index contributed by atoms with van der Waals surface area (Å²) in [7, 11) is 0. The summed E-state index contributed by atoms with van der Waals surface area (Å²) in [6.07, 6.45) is 2.46. The monoisotopic (exact) mass is 541 g/mol. The van der Waals surface area contributed by atoms with Crippen molar-refractivity contribution in [1.82, 2.24) is 20.5 Å². The predicted octanol–water partition coefficient (Wildman–Crippen LogP) is 4.65. The minimum Gasteiger partial charge on any atom is -0.357 e. The number of aryl methyl sites for hydroxylation is 3. The van der Waals surface area contributed by atoms with E-state index in [0.717, 1.165) is 43.7 Å². The van der Waals surface area contributed by atoms with E-state index < -0.39 is 0 Å². The zero-order valence-corrected chi connectivity index (χ0v) is 21.8. The van der Waals surface area contributed by atoms with Gasteiger partial charge in [0.1, 0.15) is 0 Å². The van der Waals surface area contributed by atoms with Crippen LogP contribution in [0.2, 0.25) is 0 Å². The van der Waals surface area contributed by atoms with Crippen molar-refractivity contribution in [3.8, 4) is 0 Å². The number of piperidine rings is 1. The summed E-state index contributed by atoms with van der Waals surface area (Å²) in [5.41, 5.74) is 5.12. The second kappa shape index (κ2) is 12.6. The summed E-state index contributed by atoms with van der Waals surface area (Å²) in [6.45, 7) is 14.4. The highest BCUT2D eigenvalue weighted by atomic mass is 127. The Labute approximate surface area is 202 Å². The molecule has 0 saturated carbocycles. The van der Waals surface area contributed by atoms with Crippen molar-refractivity contribution in [1.29, 1.82) is 0 Å². The molecule has 0 radical (unpaired) electrons. The first-order valence-corrected chi connectivity index (χ1v) is 11.6. The summed E-state index contributed by atoms with van der Waals surface area (Å²) in [5.74, 6) is 1.63. The molecule has 1 fully saturated rings. The Bertz CT molecular complexity index is 812. The molecule has 2 aromatic rings. The Kier molecular flexibility index (Phi) is 10.5. The number of rotatable bonds is 7. The molecule has 0 aliphatic carbocycles. The number of thiazole rings is 1. The molecule has 3 rings (SSSR count). The molecule has 5 nitrogen and oxygen atoms in total. The first kappa shape index (κ1) is 25.1. The van der Waals surface area contributed by atoms with Crippen LogP contribution in [-0.4, -0.2) is 42.0 Å². The highest BCUT2D eigenvalue weighted by molar-refractivity contribution is 14.0. The van der Waals surface area contributed by atoms with Crippen molar-refractivity contribution in [2.45, 2.75) is 53.6 Å². The average molecular weight is 542 g/mol. The molecule has 0 spiro atoms. The largest absolute Gasteiger partial charge is 0.357 e. The minimum atomic E-state index is 0. The van der Waals surface area contributed by atoms with Crippen molar-refractivity contribution < 1.29 is 0 Å². The van der Waals surface area contributed by atoms with Crippen LogP contribution in [0.25, 0.3) is 0 Å². The summed E-state index contributed by atoms with van der Waals surface area (Å²) >= 11 is 1.75. The number of halogens is 1. The predicted molar refractivity (Wildman–Crippen MR) is 139 cm³/mol. The molecule has 166 valence electrons. The molecule has 30 heavy (non-hydrogen) atoms. The van der Waals surface area contributed by atoms with Crippen LogP contribution in [0.5, 0.6) is 0 Å². The van der Waals surface area contributed by atoms with E-state index in [9.17, 15) is 0 Å². The van der Waals surface area contributed by atoms with E-state index in [1.54, 1.807) is 11.3 Å². The Morgan fingerprint density at radius 3 is 2.60 bits per heavy atom. The van der Waals surface area contributed by atoms with Gasteiger partial charge in [-0.3, -0.25) is 4.90 Å². The van der Waals surface area contributed by atoms with Crippen LogP contribution in [0.1, 0.15) is 47.2 Å². The number of benzene rings is 1.